The van der Waals surface area contributed by atoms with Crippen LogP contribution in [-0.2, 0) is 4.79 Å². The van der Waals surface area contributed by atoms with Crippen LogP contribution in [0.3, 0.4) is 0 Å². The number of likely N-dealkylation sites (tertiary alicyclic amines) is 1. The lowest BCUT2D eigenvalue weighted by molar-refractivity contribution is -0.126. The summed E-state index contributed by atoms with van der Waals surface area (Å²) in [6, 6.07) is 2.86. The summed E-state index contributed by atoms with van der Waals surface area (Å²) in [5.41, 5.74) is 0.666. The highest BCUT2D eigenvalue weighted by atomic mass is 16.4. The lowest BCUT2D eigenvalue weighted by Crippen LogP contribution is -2.43. The van der Waals surface area contributed by atoms with Crippen LogP contribution in [0.25, 0.3) is 0 Å². The topological polar surface area (TPSA) is 99.6 Å². The summed E-state index contributed by atoms with van der Waals surface area (Å²) in [5.74, 6) is -1.25. The number of aryl methyl sites for hydroxylation is 1. The molecule has 2 heterocycles. The minimum atomic E-state index is -1.06. The Hall–Kier alpha value is -2.44. The number of aromatic nitrogens is 1. The molecule has 1 fully saturated rings. The van der Waals surface area contributed by atoms with E-state index in [1.54, 1.807) is 11.8 Å². The molecule has 2 N–H and O–H groups in total. The molecule has 0 bridgehead atoms. The van der Waals surface area contributed by atoms with Crippen LogP contribution in [0.15, 0.2) is 12.1 Å². The first-order valence-electron chi connectivity index (χ1n) is 9.22. The van der Waals surface area contributed by atoms with E-state index in [4.69, 9.17) is 5.11 Å². The zero-order valence-corrected chi connectivity index (χ0v) is 15.5. The van der Waals surface area contributed by atoms with E-state index in [-0.39, 0.29) is 29.0 Å². The molecular weight excluding hydrogens is 334 g/mol. The van der Waals surface area contributed by atoms with E-state index in [1.807, 2.05) is 0 Å². The molecule has 1 saturated heterocycles. The Morgan fingerprint density at radius 2 is 1.92 bits per heavy atom. The van der Waals surface area contributed by atoms with Crippen molar-refractivity contribution in [2.24, 2.45) is 5.92 Å². The first kappa shape index (κ1) is 19.9. The fraction of sp³-hybridized carbons (Fsp3) is 0.579. The number of hydrogen-bond donors (Lipinski definition) is 2. The molecular formula is C19H27N3O4. The number of carbonyl (C=O) groups is 3. The van der Waals surface area contributed by atoms with Crippen LogP contribution in [0.5, 0.6) is 0 Å². The van der Waals surface area contributed by atoms with Gasteiger partial charge in [-0.2, -0.15) is 0 Å². The SMILES string of the molecule is CCCCCNC(=O)C1CCN(C(=O)c2ccc(C(=O)O)c(C)n2)CC1. The van der Waals surface area contributed by atoms with Crippen molar-refractivity contribution >= 4 is 17.8 Å². The molecule has 0 aromatic carbocycles. The Kier molecular flexibility index (Phi) is 7.12. The van der Waals surface area contributed by atoms with Crippen LogP contribution in [0.4, 0.5) is 0 Å². The van der Waals surface area contributed by atoms with Crippen molar-refractivity contribution in [2.75, 3.05) is 19.6 Å². The maximum Gasteiger partial charge on any atom is 0.337 e. The van der Waals surface area contributed by atoms with E-state index >= 15 is 0 Å². The maximum absolute atomic E-state index is 12.6. The highest BCUT2D eigenvalue weighted by molar-refractivity contribution is 5.94. The molecule has 142 valence electrons. The number of piperidine rings is 1. The van der Waals surface area contributed by atoms with Gasteiger partial charge in [0, 0.05) is 25.6 Å². The number of carboxylic acid groups (broad SMARTS) is 1. The Morgan fingerprint density at radius 3 is 2.50 bits per heavy atom. The van der Waals surface area contributed by atoms with Gasteiger partial charge in [0.05, 0.1) is 11.3 Å². The summed E-state index contributed by atoms with van der Waals surface area (Å²) in [4.78, 5) is 41.6. The molecule has 1 aliphatic heterocycles. The van der Waals surface area contributed by atoms with E-state index < -0.39 is 5.97 Å². The van der Waals surface area contributed by atoms with Gasteiger partial charge in [-0.25, -0.2) is 9.78 Å². The molecule has 1 aromatic rings. The Labute approximate surface area is 153 Å². The van der Waals surface area contributed by atoms with Crippen LogP contribution in [0, 0.1) is 12.8 Å². The second-order valence-corrected chi connectivity index (χ2v) is 6.70. The van der Waals surface area contributed by atoms with Crippen molar-refractivity contribution in [3.05, 3.63) is 29.1 Å². The smallest absolute Gasteiger partial charge is 0.337 e. The number of nitrogens with one attached hydrogen (secondary N) is 1. The molecule has 0 atom stereocenters. The number of aromatic carboxylic acids is 1. The third-order valence-electron chi connectivity index (χ3n) is 4.77. The fourth-order valence-corrected chi connectivity index (χ4v) is 3.14. The third-order valence-corrected chi connectivity index (χ3v) is 4.77. The number of carbonyl (C=O) groups excluding carboxylic acids is 2. The Balaban J connectivity index is 1.87. The summed E-state index contributed by atoms with van der Waals surface area (Å²) in [7, 11) is 0. The monoisotopic (exact) mass is 361 g/mol. The number of nitrogens with zero attached hydrogens (tertiary/aromatic N) is 2. The highest BCUT2D eigenvalue weighted by Gasteiger charge is 2.28. The van der Waals surface area contributed by atoms with Crippen molar-refractivity contribution in [3.8, 4) is 0 Å². The second kappa shape index (κ2) is 9.31. The van der Waals surface area contributed by atoms with Gasteiger partial charge < -0.3 is 15.3 Å². The van der Waals surface area contributed by atoms with Gasteiger partial charge >= 0.3 is 5.97 Å². The lowest BCUT2D eigenvalue weighted by Gasteiger charge is -2.31. The molecule has 0 unspecified atom stereocenters. The lowest BCUT2D eigenvalue weighted by atomic mass is 9.95. The standard InChI is InChI=1S/C19H27N3O4/c1-3-4-5-10-20-17(23)14-8-11-22(12-9-14)18(24)16-7-6-15(19(25)26)13(2)21-16/h6-7,14H,3-5,8-12H2,1-2H3,(H,20,23)(H,25,26). The van der Waals surface area contributed by atoms with E-state index in [1.165, 1.54) is 12.1 Å². The third kappa shape index (κ3) is 5.03. The summed E-state index contributed by atoms with van der Waals surface area (Å²) >= 11 is 0. The number of unbranched alkanes of at least 4 members (excludes halogenated alkanes) is 2. The predicted octanol–water partition coefficient (Wildman–Crippen LogP) is 2.25. The number of amides is 2. The Bertz CT molecular complexity index is 667. The van der Waals surface area contributed by atoms with Gasteiger partial charge in [0.1, 0.15) is 5.69 Å². The largest absolute Gasteiger partial charge is 0.478 e. The number of carboxylic acids is 1. The van der Waals surface area contributed by atoms with Crippen LogP contribution in [-0.4, -0.2) is 52.4 Å². The molecule has 7 nitrogen and oxygen atoms in total. The normalized spacial score (nSPS) is 14.9. The zero-order valence-electron chi connectivity index (χ0n) is 15.5. The molecule has 0 aliphatic carbocycles. The quantitative estimate of drug-likeness (QED) is 0.726. The molecule has 0 radical (unpaired) electrons. The molecule has 1 aliphatic rings. The maximum atomic E-state index is 12.6. The molecule has 1 aromatic heterocycles. The average molecular weight is 361 g/mol. The molecule has 2 amide bonds. The van der Waals surface area contributed by atoms with Crippen molar-refractivity contribution in [1.29, 1.82) is 0 Å². The highest BCUT2D eigenvalue weighted by Crippen LogP contribution is 2.19. The van der Waals surface area contributed by atoms with Crippen LogP contribution < -0.4 is 5.32 Å². The first-order chi connectivity index (χ1) is 12.4. The van der Waals surface area contributed by atoms with E-state index in [9.17, 15) is 14.4 Å². The second-order valence-electron chi connectivity index (χ2n) is 6.70. The summed E-state index contributed by atoms with van der Waals surface area (Å²) in [6.45, 7) is 5.43. The van der Waals surface area contributed by atoms with Crippen molar-refractivity contribution in [3.63, 3.8) is 0 Å². The minimum Gasteiger partial charge on any atom is -0.478 e. The molecule has 0 spiro atoms. The molecule has 0 saturated carbocycles. The minimum absolute atomic E-state index is 0.0511. The van der Waals surface area contributed by atoms with Gasteiger partial charge in [-0.15, -0.1) is 0 Å². The van der Waals surface area contributed by atoms with Crippen LogP contribution >= 0.6 is 0 Å². The fourth-order valence-electron chi connectivity index (χ4n) is 3.14. The summed E-state index contributed by atoms with van der Waals surface area (Å²) < 4.78 is 0. The average Bonchev–Trinajstić information content (AvgIpc) is 2.64. The summed E-state index contributed by atoms with van der Waals surface area (Å²) in [6.07, 6.45) is 4.50. The summed E-state index contributed by atoms with van der Waals surface area (Å²) in [5, 5.41) is 12.0. The van der Waals surface area contributed by atoms with E-state index in [0.29, 0.717) is 38.2 Å². The zero-order chi connectivity index (χ0) is 19.1. The van der Waals surface area contributed by atoms with Crippen molar-refractivity contribution < 1.29 is 19.5 Å². The number of pyridine rings is 1. The van der Waals surface area contributed by atoms with Gasteiger partial charge in [0.25, 0.3) is 5.91 Å². The van der Waals surface area contributed by atoms with Crippen LogP contribution in [0.1, 0.15) is 65.6 Å². The Morgan fingerprint density at radius 1 is 1.23 bits per heavy atom. The van der Waals surface area contributed by atoms with Gasteiger partial charge in [-0.3, -0.25) is 9.59 Å². The van der Waals surface area contributed by atoms with Crippen molar-refractivity contribution in [2.45, 2.75) is 46.0 Å². The van der Waals surface area contributed by atoms with Crippen LogP contribution in [0.2, 0.25) is 0 Å². The van der Waals surface area contributed by atoms with Crippen molar-refractivity contribution in [1.82, 2.24) is 15.2 Å². The molecule has 7 heteroatoms. The number of hydrogen-bond acceptors (Lipinski definition) is 4. The van der Waals surface area contributed by atoms with E-state index in [2.05, 4.69) is 17.2 Å². The first-order valence-corrected chi connectivity index (χ1v) is 9.22. The molecule has 26 heavy (non-hydrogen) atoms. The van der Waals surface area contributed by atoms with Gasteiger partial charge in [0.15, 0.2) is 0 Å². The predicted molar refractivity (Wildman–Crippen MR) is 97.1 cm³/mol. The number of rotatable bonds is 7. The molecule has 2 rings (SSSR count). The van der Waals surface area contributed by atoms with Gasteiger partial charge in [-0.05, 0) is 38.3 Å². The van der Waals surface area contributed by atoms with E-state index in [0.717, 1.165) is 19.3 Å². The van der Waals surface area contributed by atoms with Gasteiger partial charge in [0.2, 0.25) is 5.91 Å². The van der Waals surface area contributed by atoms with Gasteiger partial charge in [-0.1, -0.05) is 19.8 Å².